The van der Waals surface area contributed by atoms with Crippen LogP contribution in [0.2, 0.25) is 5.15 Å². The van der Waals surface area contributed by atoms with Gasteiger partial charge in [0, 0.05) is 5.56 Å². The molecule has 0 unspecified atom stereocenters. The highest BCUT2D eigenvalue weighted by Gasteiger charge is 2.12. The van der Waals surface area contributed by atoms with E-state index in [1.807, 2.05) is 0 Å². The van der Waals surface area contributed by atoms with E-state index in [9.17, 15) is 0 Å². The number of aromatic nitrogens is 2. The highest BCUT2D eigenvalue weighted by molar-refractivity contribution is 6.35. The first-order valence-corrected chi connectivity index (χ1v) is 6.14. The fraction of sp³-hybridized carbons (Fsp3) is 0.143. The monoisotopic (exact) mass is 258 g/mol. The van der Waals surface area contributed by atoms with E-state index >= 15 is 0 Å². The molecule has 90 valence electrons. The van der Waals surface area contributed by atoms with Crippen LogP contribution in [-0.2, 0) is 6.42 Å². The molecule has 0 saturated heterocycles. The molecule has 4 heteroatoms. The van der Waals surface area contributed by atoms with E-state index in [4.69, 9.17) is 16.0 Å². The summed E-state index contributed by atoms with van der Waals surface area (Å²) in [4.78, 5) is 8.05. The van der Waals surface area contributed by atoms with Gasteiger partial charge in [0.15, 0.2) is 0 Å². The maximum atomic E-state index is 6.10. The zero-order valence-electron chi connectivity index (χ0n) is 9.85. The molecule has 0 spiro atoms. The largest absolute Gasteiger partial charge is 0.445 e. The Morgan fingerprint density at radius 2 is 1.94 bits per heavy atom. The minimum Gasteiger partial charge on any atom is -0.445 e. The summed E-state index contributed by atoms with van der Waals surface area (Å²) in [5, 5.41) is 1.19. The molecule has 0 atom stereocenters. The van der Waals surface area contributed by atoms with Crippen LogP contribution in [0.4, 0.5) is 0 Å². The van der Waals surface area contributed by atoms with Gasteiger partial charge in [0.2, 0.25) is 5.71 Å². The molecule has 2 heterocycles. The van der Waals surface area contributed by atoms with Crippen molar-refractivity contribution in [2.45, 2.75) is 13.3 Å². The molecule has 0 N–H and O–H groups in total. The molecule has 3 rings (SSSR count). The number of fused-ring (bicyclic) bond motifs is 1. The highest BCUT2D eigenvalue weighted by atomic mass is 35.5. The molecule has 0 saturated carbocycles. The van der Waals surface area contributed by atoms with E-state index in [0.29, 0.717) is 10.9 Å². The van der Waals surface area contributed by atoms with Crippen molar-refractivity contribution in [3.63, 3.8) is 0 Å². The maximum absolute atomic E-state index is 6.10. The van der Waals surface area contributed by atoms with Gasteiger partial charge >= 0.3 is 0 Å². The van der Waals surface area contributed by atoms with Gasteiger partial charge in [-0.05, 0) is 17.5 Å². The van der Waals surface area contributed by atoms with Gasteiger partial charge in [-0.3, -0.25) is 0 Å². The molecule has 0 amide bonds. The summed E-state index contributed by atoms with van der Waals surface area (Å²) in [6.07, 6.45) is 4.10. The number of halogens is 1. The van der Waals surface area contributed by atoms with Crippen LogP contribution in [0.25, 0.3) is 22.2 Å². The average Bonchev–Trinajstić information content (AvgIpc) is 2.84. The van der Waals surface area contributed by atoms with Crippen LogP contribution >= 0.6 is 11.6 Å². The summed E-state index contributed by atoms with van der Waals surface area (Å²) in [5.41, 5.74) is 3.80. The highest BCUT2D eigenvalue weighted by Crippen LogP contribution is 2.33. The fourth-order valence-electron chi connectivity index (χ4n) is 1.97. The van der Waals surface area contributed by atoms with Crippen molar-refractivity contribution in [3.05, 3.63) is 47.6 Å². The van der Waals surface area contributed by atoms with Gasteiger partial charge in [0.1, 0.15) is 17.7 Å². The molecule has 0 aliphatic carbocycles. The van der Waals surface area contributed by atoms with E-state index in [2.05, 4.69) is 41.2 Å². The summed E-state index contributed by atoms with van der Waals surface area (Å²) in [6.45, 7) is 2.13. The van der Waals surface area contributed by atoms with Crippen LogP contribution in [0.1, 0.15) is 12.5 Å². The van der Waals surface area contributed by atoms with Gasteiger partial charge in [-0.25, -0.2) is 9.97 Å². The normalized spacial score (nSPS) is 11.0. The Balaban J connectivity index is 2.18. The first-order valence-electron chi connectivity index (χ1n) is 5.76. The smallest absolute Gasteiger partial charge is 0.231 e. The molecule has 0 aliphatic heterocycles. The lowest BCUT2D eigenvalue weighted by molar-refractivity contribution is 0.603. The summed E-state index contributed by atoms with van der Waals surface area (Å²) in [7, 11) is 0. The number of hydrogen-bond acceptors (Lipinski definition) is 3. The van der Waals surface area contributed by atoms with Crippen LogP contribution in [0, 0.1) is 0 Å². The van der Waals surface area contributed by atoms with E-state index in [1.165, 1.54) is 11.9 Å². The van der Waals surface area contributed by atoms with Crippen molar-refractivity contribution < 1.29 is 4.42 Å². The SMILES string of the molecule is CCc1ccc(-c2coc3ncnc(Cl)c23)cc1. The van der Waals surface area contributed by atoms with Gasteiger partial charge in [-0.15, -0.1) is 0 Å². The predicted octanol–water partition coefficient (Wildman–Crippen LogP) is 4.11. The molecule has 1 aromatic carbocycles. The summed E-state index contributed by atoms with van der Waals surface area (Å²) in [5.74, 6) is 0. The van der Waals surface area contributed by atoms with E-state index in [-0.39, 0.29) is 0 Å². The first kappa shape index (κ1) is 11.2. The van der Waals surface area contributed by atoms with Gasteiger partial charge in [0.05, 0.1) is 5.39 Å². The third-order valence-electron chi connectivity index (χ3n) is 3.00. The van der Waals surface area contributed by atoms with Gasteiger partial charge in [0.25, 0.3) is 0 Å². The molecule has 2 aromatic heterocycles. The Labute approximate surface area is 109 Å². The second kappa shape index (κ2) is 4.42. The lowest BCUT2D eigenvalue weighted by Gasteiger charge is -2.01. The van der Waals surface area contributed by atoms with Crippen molar-refractivity contribution in [2.24, 2.45) is 0 Å². The number of nitrogens with zero attached hydrogens (tertiary/aromatic N) is 2. The molecule has 3 nitrogen and oxygen atoms in total. The second-order valence-electron chi connectivity index (χ2n) is 4.04. The Kier molecular flexibility index (Phi) is 2.76. The van der Waals surface area contributed by atoms with Gasteiger partial charge < -0.3 is 4.42 Å². The van der Waals surface area contributed by atoms with Crippen LogP contribution < -0.4 is 0 Å². The minimum absolute atomic E-state index is 0.420. The number of aryl methyl sites for hydroxylation is 1. The van der Waals surface area contributed by atoms with Gasteiger partial charge in [-0.2, -0.15) is 0 Å². The zero-order valence-corrected chi connectivity index (χ0v) is 10.6. The Morgan fingerprint density at radius 3 is 2.67 bits per heavy atom. The maximum Gasteiger partial charge on any atom is 0.231 e. The van der Waals surface area contributed by atoms with Crippen molar-refractivity contribution in [3.8, 4) is 11.1 Å². The van der Waals surface area contributed by atoms with Crippen molar-refractivity contribution in [1.82, 2.24) is 9.97 Å². The lowest BCUT2D eigenvalue weighted by Crippen LogP contribution is -1.83. The summed E-state index contributed by atoms with van der Waals surface area (Å²) < 4.78 is 5.41. The third-order valence-corrected chi connectivity index (χ3v) is 3.28. The number of furan rings is 1. The summed E-state index contributed by atoms with van der Waals surface area (Å²) in [6, 6.07) is 8.33. The molecule has 0 fully saturated rings. The van der Waals surface area contributed by atoms with Crippen LogP contribution in [0.5, 0.6) is 0 Å². The Hall–Kier alpha value is -1.87. The first-order chi connectivity index (χ1) is 8.79. The molecule has 18 heavy (non-hydrogen) atoms. The lowest BCUT2D eigenvalue weighted by atomic mass is 10.0. The van der Waals surface area contributed by atoms with Crippen LogP contribution in [0.3, 0.4) is 0 Å². The zero-order chi connectivity index (χ0) is 12.5. The topological polar surface area (TPSA) is 38.9 Å². The molecule has 0 bridgehead atoms. The fourth-order valence-corrected chi connectivity index (χ4v) is 2.20. The van der Waals surface area contributed by atoms with E-state index in [0.717, 1.165) is 22.9 Å². The Morgan fingerprint density at radius 1 is 1.17 bits per heavy atom. The average molecular weight is 259 g/mol. The molecular weight excluding hydrogens is 248 g/mol. The van der Waals surface area contributed by atoms with Crippen molar-refractivity contribution in [1.29, 1.82) is 0 Å². The minimum atomic E-state index is 0.420. The number of rotatable bonds is 2. The molecule has 3 aromatic rings. The molecule has 0 aliphatic rings. The predicted molar refractivity (Wildman–Crippen MR) is 71.6 cm³/mol. The van der Waals surface area contributed by atoms with Crippen LogP contribution in [-0.4, -0.2) is 9.97 Å². The molecule has 0 radical (unpaired) electrons. The van der Waals surface area contributed by atoms with Crippen molar-refractivity contribution in [2.75, 3.05) is 0 Å². The van der Waals surface area contributed by atoms with E-state index < -0.39 is 0 Å². The third kappa shape index (κ3) is 1.77. The number of hydrogen-bond donors (Lipinski definition) is 0. The molecular formula is C14H11ClN2O. The number of benzene rings is 1. The Bertz CT molecular complexity index is 689. The second-order valence-corrected chi connectivity index (χ2v) is 4.40. The van der Waals surface area contributed by atoms with Crippen molar-refractivity contribution >= 4 is 22.7 Å². The van der Waals surface area contributed by atoms with E-state index in [1.54, 1.807) is 6.26 Å². The summed E-state index contributed by atoms with van der Waals surface area (Å²) >= 11 is 6.10. The quantitative estimate of drug-likeness (QED) is 0.650. The van der Waals surface area contributed by atoms with Gasteiger partial charge in [-0.1, -0.05) is 42.8 Å². The standard InChI is InChI=1S/C14H11ClN2O/c1-2-9-3-5-10(6-4-9)11-7-18-14-12(11)13(15)16-8-17-14/h3-8H,2H2,1H3. The van der Waals surface area contributed by atoms with Crippen LogP contribution in [0.15, 0.2) is 41.3 Å².